The highest BCUT2D eigenvalue weighted by Gasteiger charge is 2.42. The topological polar surface area (TPSA) is 73.2 Å². The SMILES string of the molecule is COc1ccc(C2(C(=O)NCC(c3ccco3)N3CCOCC3)CCOCC2)cc1. The fourth-order valence-corrected chi connectivity index (χ4v) is 4.41. The Balaban J connectivity index is 1.52. The van der Waals surface area contributed by atoms with E-state index in [1.807, 2.05) is 36.4 Å². The summed E-state index contributed by atoms with van der Waals surface area (Å²) < 4.78 is 22.1. The van der Waals surface area contributed by atoms with Crippen molar-refractivity contribution in [2.75, 3.05) is 53.2 Å². The van der Waals surface area contributed by atoms with E-state index in [0.717, 1.165) is 30.2 Å². The number of nitrogens with zero attached hydrogens (tertiary/aromatic N) is 1. The van der Waals surface area contributed by atoms with Crippen LogP contribution in [0.25, 0.3) is 0 Å². The van der Waals surface area contributed by atoms with Gasteiger partial charge in [0.2, 0.25) is 5.91 Å². The van der Waals surface area contributed by atoms with Crippen LogP contribution in [0.2, 0.25) is 0 Å². The molecule has 0 radical (unpaired) electrons. The van der Waals surface area contributed by atoms with Crippen molar-refractivity contribution in [1.82, 2.24) is 10.2 Å². The van der Waals surface area contributed by atoms with Crippen molar-refractivity contribution >= 4 is 5.91 Å². The van der Waals surface area contributed by atoms with E-state index in [9.17, 15) is 4.79 Å². The van der Waals surface area contributed by atoms with Crippen molar-refractivity contribution in [3.05, 3.63) is 54.0 Å². The predicted molar refractivity (Wildman–Crippen MR) is 112 cm³/mol. The molecule has 2 aromatic rings. The van der Waals surface area contributed by atoms with Crippen LogP contribution in [-0.2, 0) is 19.7 Å². The molecule has 4 rings (SSSR count). The number of benzene rings is 1. The normalized spacial score (nSPS) is 20.4. The molecule has 30 heavy (non-hydrogen) atoms. The largest absolute Gasteiger partial charge is 0.497 e. The molecule has 1 atom stereocenters. The standard InChI is InChI=1S/C23H30N2O5/c1-27-19-6-4-18(5-7-19)23(8-13-28-14-9-23)22(26)24-17-20(21-3-2-12-30-21)25-10-15-29-16-11-25/h2-7,12,20H,8-11,13-17H2,1H3,(H,24,26). The number of amides is 1. The molecule has 1 aromatic heterocycles. The second kappa shape index (κ2) is 9.64. The molecule has 2 aliphatic rings. The maximum absolute atomic E-state index is 13.6. The number of rotatable bonds is 7. The van der Waals surface area contributed by atoms with Crippen molar-refractivity contribution in [2.24, 2.45) is 0 Å². The highest BCUT2D eigenvalue weighted by atomic mass is 16.5. The number of methoxy groups -OCH3 is 1. The van der Waals surface area contributed by atoms with Crippen LogP contribution in [0.3, 0.4) is 0 Å². The van der Waals surface area contributed by atoms with Gasteiger partial charge in [-0.2, -0.15) is 0 Å². The van der Waals surface area contributed by atoms with Gasteiger partial charge in [-0.1, -0.05) is 12.1 Å². The summed E-state index contributed by atoms with van der Waals surface area (Å²) in [6.45, 7) is 4.66. The number of ether oxygens (including phenoxy) is 3. The minimum absolute atomic E-state index is 0.0133. The molecule has 1 N–H and O–H groups in total. The lowest BCUT2D eigenvalue weighted by molar-refractivity contribution is -0.130. The van der Waals surface area contributed by atoms with E-state index in [0.29, 0.717) is 45.8 Å². The zero-order valence-electron chi connectivity index (χ0n) is 17.5. The summed E-state index contributed by atoms with van der Waals surface area (Å²) in [6.07, 6.45) is 3.00. The van der Waals surface area contributed by atoms with Crippen LogP contribution >= 0.6 is 0 Å². The Hall–Kier alpha value is -2.35. The summed E-state index contributed by atoms with van der Waals surface area (Å²) in [5.41, 5.74) is 0.411. The second-order valence-corrected chi connectivity index (χ2v) is 7.81. The lowest BCUT2D eigenvalue weighted by Crippen LogP contribution is -2.51. The van der Waals surface area contributed by atoms with Crippen molar-refractivity contribution in [3.8, 4) is 5.75 Å². The van der Waals surface area contributed by atoms with E-state index in [4.69, 9.17) is 18.6 Å². The van der Waals surface area contributed by atoms with Crippen LogP contribution in [0.5, 0.6) is 5.75 Å². The summed E-state index contributed by atoms with van der Waals surface area (Å²) in [5, 5.41) is 3.24. The van der Waals surface area contributed by atoms with Crippen LogP contribution in [-0.4, -0.2) is 64.0 Å². The minimum Gasteiger partial charge on any atom is -0.497 e. The van der Waals surface area contributed by atoms with Gasteiger partial charge in [0.1, 0.15) is 11.5 Å². The van der Waals surface area contributed by atoms with Gasteiger partial charge in [0.05, 0.1) is 38.0 Å². The molecule has 2 fully saturated rings. The highest BCUT2D eigenvalue weighted by Crippen LogP contribution is 2.36. The number of carbonyl (C=O) groups is 1. The first-order valence-corrected chi connectivity index (χ1v) is 10.6. The Bertz CT molecular complexity index is 794. The molecule has 1 aromatic carbocycles. The van der Waals surface area contributed by atoms with E-state index < -0.39 is 5.41 Å². The molecule has 2 aliphatic heterocycles. The molecule has 7 heteroatoms. The van der Waals surface area contributed by atoms with E-state index in [2.05, 4.69) is 10.2 Å². The zero-order chi connectivity index (χ0) is 20.8. The Morgan fingerprint density at radius 2 is 1.80 bits per heavy atom. The van der Waals surface area contributed by atoms with Crippen molar-refractivity contribution in [1.29, 1.82) is 0 Å². The Kier molecular flexibility index (Phi) is 6.72. The molecule has 162 valence electrons. The monoisotopic (exact) mass is 414 g/mol. The Morgan fingerprint density at radius 1 is 1.10 bits per heavy atom. The summed E-state index contributed by atoms with van der Waals surface area (Å²) in [5.74, 6) is 1.69. The fraction of sp³-hybridized carbons (Fsp3) is 0.522. The predicted octanol–water partition coefficient (Wildman–Crippen LogP) is 2.53. The Morgan fingerprint density at radius 3 is 2.43 bits per heavy atom. The van der Waals surface area contributed by atoms with Gasteiger partial charge in [0.15, 0.2) is 0 Å². The molecule has 0 saturated carbocycles. The highest BCUT2D eigenvalue weighted by molar-refractivity contribution is 5.88. The molecule has 7 nitrogen and oxygen atoms in total. The van der Waals surface area contributed by atoms with Gasteiger partial charge in [-0.15, -0.1) is 0 Å². The number of furan rings is 1. The van der Waals surface area contributed by atoms with Crippen molar-refractivity contribution in [2.45, 2.75) is 24.3 Å². The van der Waals surface area contributed by atoms with E-state index in [-0.39, 0.29) is 11.9 Å². The van der Waals surface area contributed by atoms with Crippen LogP contribution < -0.4 is 10.1 Å². The third-order valence-corrected chi connectivity index (χ3v) is 6.24. The number of nitrogens with one attached hydrogen (secondary N) is 1. The number of morpholine rings is 1. The zero-order valence-corrected chi connectivity index (χ0v) is 17.5. The third kappa shape index (κ3) is 4.38. The summed E-state index contributed by atoms with van der Waals surface area (Å²) in [7, 11) is 1.65. The molecule has 1 unspecified atom stereocenters. The lowest BCUT2D eigenvalue weighted by Gasteiger charge is -2.38. The molecule has 2 saturated heterocycles. The van der Waals surface area contributed by atoms with Gasteiger partial charge >= 0.3 is 0 Å². The average Bonchev–Trinajstić information content (AvgIpc) is 3.35. The lowest BCUT2D eigenvalue weighted by atomic mass is 9.73. The summed E-state index contributed by atoms with van der Waals surface area (Å²) >= 11 is 0. The second-order valence-electron chi connectivity index (χ2n) is 7.81. The van der Waals surface area contributed by atoms with Gasteiger partial charge in [-0.25, -0.2) is 0 Å². The van der Waals surface area contributed by atoms with Gasteiger partial charge in [0.25, 0.3) is 0 Å². The first-order valence-electron chi connectivity index (χ1n) is 10.6. The molecular formula is C23H30N2O5. The number of hydrogen-bond donors (Lipinski definition) is 1. The molecular weight excluding hydrogens is 384 g/mol. The van der Waals surface area contributed by atoms with Crippen LogP contribution in [0.1, 0.15) is 30.2 Å². The van der Waals surface area contributed by atoms with E-state index in [1.54, 1.807) is 13.4 Å². The van der Waals surface area contributed by atoms with Crippen molar-refractivity contribution < 1.29 is 23.4 Å². The maximum Gasteiger partial charge on any atom is 0.230 e. The summed E-state index contributed by atoms with van der Waals surface area (Å²) in [4.78, 5) is 15.9. The number of carbonyl (C=O) groups excluding carboxylic acids is 1. The van der Waals surface area contributed by atoms with E-state index >= 15 is 0 Å². The maximum atomic E-state index is 13.6. The van der Waals surface area contributed by atoms with E-state index in [1.165, 1.54) is 0 Å². The first-order chi connectivity index (χ1) is 14.7. The van der Waals surface area contributed by atoms with Crippen LogP contribution in [0.15, 0.2) is 47.1 Å². The van der Waals surface area contributed by atoms with Crippen LogP contribution in [0.4, 0.5) is 0 Å². The fourth-order valence-electron chi connectivity index (χ4n) is 4.41. The molecule has 0 spiro atoms. The van der Waals surface area contributed by atoms with Gasteiger partial charge in [-0.3, -0.25) is 9.69 Å². The average molecular weight is 415 g/mol. The van der Waals surface area contributed by atoms with Gasteiger partial charge < -0.3 is 23.9 Å². The Labute approximate surface area is 177 Å². The van der Waals surface area contributed by atoms with Gasteiger partial charge in [0, 0.05) is 32.8 Å². The van der Waals surface area contributed by atoms with Gasteiger partial charge in [-0.05, 0) is 42.7 Å². The number of hydrogen-bond acceptors (Lipinski definition) is 6. The third-order valence-electron chi connectivity index (χ3n) is 6.24. The smallest absolute Gasteiger partial charge is 0.230 e. The quantitative estimate of drug-likeness (QED) is 0.751. The summed E-state index contributed by atoms with van der Waals surface area (Å²) in [6, 6.07) is 11.7. The minimum atomic E-state index is -0.594. The van der Waals surface area contributed by atoms with Crippen LogP contribution in [0, 0.1) is 0 Å². The molecule has 0 aliphatic carbocycles. The molecule has 3 heterocycles. The van der Waals surface area contributed by atoms with Crippen molar-refractivity contribution in [3.63, 3.8) is 0 Å². The first kappa shape index (κ1) is 20.9. The molecule has 1 amide bonds. The molecule has 0 bridgehead atoms.